The molecule has 0 N–H and O–H groups in total. The number of rotatable bonds is 4. The molecule has 0 saturated heterocycles. The largest absolute Gasteiger partial charge is 1.00 e. The van der Waals surface area contributed by atoms with Crippen molar-refractivity contribution in [1.82, 2.24) is 4.57 Å². The van der Waals surface area contributed by atoms with Gasteiger partial charge in [-0.1, -0.05) is 0 Å². The monoisotopic (exact) mass is 336 g/mol. The number of hydrogen-bond acceptors (Lipinski definition) is 3. The predicted molar refractivity (Wildman–Crippen MR) is 86.1 cm³/mol. The molecule has 23 heavy (non-hydrogen) atoms. The van der Waals surface area contributed by atoms with E-state index in [1.165, 1.54) is 0 Å². The van der Waals surface area contributed by atoms with Crippen molar-refractivity contribution in [3.63, 3.8) is 0 Å². The summed E-state index contributed by atoms with van der Waals surface area (Å²) in [6, 6.07) is 7.56. The van der Waals surface area contributed by atoms with Gasteiger partial charge in [-0.25, -0.2) is 0 Å². The van der Waals surface area contributed by atoms with Crippen LogP contribution < -0.4 is 32.1 Å². The second kappa shape index (κ2) is 7.83. The number of benzene rings is 1. The van der Waals surface area contributed by atoms with Crippen molar-refractivity contribution in [2.75, 3.05) is 14.2 Å². The van der Waals surface area contributed by atoms with E-state index in [1.54, 1.807) is 37.4 Å². The molecule has 0 amide bonds. The van der Waals surface area contributed by atoms with Crippen molar-refractivity contribution in [2.45, 2.75) is 6.92 Å². The Morgan fingerprint density at radius 1 is 1.13 bits per heavy atom. The molecule has 5 nitrogen and oxygen atoms in total. The van der Waals surface area contributed by atoms with Crippen LogP contribution in [-0.4, -0.2) is 18.8 Å². The number of hydrogen-bond donors (Lipinski definition) is 0. The van der Waals surface area contributed by atoms with E-state index < -0.39 is 0 Å². The molecule has 0 aliphatic rings. The third-order valence-corrected chi connectivity index (χ3v) is 3.72. The van der Waals surface area contributed by atoms with E-state index in [1.807, 2.05) is 43.3 Å². The van der Waals surface area contributed by atoms with Crippen molar-refractivity contribution in [1.29, 1.82) is 0 Å². The molecule has 0 radical (unpaired) electrons. The maximum absolute atomic E-state index is 12.1. The molecule has 2 rings (SSSR count). The number of methoxy groups -OCH3 is 2. The summed E-state index contributed by atoms with van der Waals surface area (Å²) in [4.78, 5) is 12.1. The number of halogens is 1. The van der Waals surface area contributed by atoms with Crippen LogP contribution in [0.25, 0.3) is 12.2 Å². The van der Waals surface area contributed by atoms with Gasteiger partial charge in [0.25, 0.3) is 0 Å². The van der Waals surface area contributed by atoms with E-state index >= 15 is 0 Å². The highest BCUT2D eigenvalue weighted by Crippen LogP contribution is 2.25. The molecule has 1 aromatic heterocycles. The van der Waals surface area contributed by atoms with Crippen LogP contribution in [-0.2, 0) is 14.1 Å². The van der Waals surface area contributed by atoms with E-state index in [0.29, 0.717) is 0 Å². The number of nitrogens with zero attached hydrogens (tertiary/aromatic N) is 2. The van der Waals surface area contributed by atoms with Gasteiger partial charge in [0, 0.05) is 11.6 Å². The van der Waals surface area contributed by atoms with Crippen molar-refractivity contribution < 1.29 is 26.4 Å². The Morgan fingerprint density at radius 3 is 2.43 bits per heavy atom. The van der Waals surface area contributed by atoms with Gasteiger partial charge < -0.3 is 21.9 Å². The van der Waals surface area contributed by atoms with Crippen LogP contribution >= 0.6 is 0 Å². The minimum Gasteiger partial charge on any atom is -1.00 e. The first-order valence-electron chi connectivity index (χ1n) is 6.94. The summed E-state index contributed by atoms with van der Waals surface area (Å²) in [7, 11) is 6.77. The summed E-state index contributed by atoms with van der Waals surface area (Å²) in [5.41, 5.74) is 2.56. The van der Waals surface area contributed by atoms with Crippen molar-refractivity contribution in [3.05, 3.63) is 51.7 Å². The summed E-state index contributed by atoms with van der Waals surface area (Å²) >= 11 is 0. The van der Waals surface area contributed by atoms with E-state index in [9.17, 15) is 4.79 Å². The maximum Gasteiger partial charge on any atom is 0.498 e. The topological polar surface area (TPSA) is 44.3 Å². The Bertz CT molecular complexity index is 782. The lowest BCUT2D eigenvalue weighted by atomic mass is 10.1. The molecular weight excluding hydrogens is 316 g/mol. The lowest BCUT2D eigenvalue weighted by Gasteiger charge is -2.07. The van der Waals surface area contributed by atoms with E-state index in [-0.39, 0.29) is 18.1 Å². The molecule has 0 aliphatic carbocycles. The molecule has 0 atom stereocenters. The molecule has 0 bridgehead atoms. The van der Waals surface area contributed by atoms with Crippen LogP contribution in [0.3, 0.4) is 0 Å². The molecular formula is C17H21ClN2O3. The van der Waals surface area contributed by atoms with Gasteiger partial charge in [-0.3, -0.25) is 0 Å². The van der Waals surface area contributed by atoms with Gasteiger partial charge in [-0.05, 0) is 37.3 Å². The zero-order valence-electron chi connectivity index (χ0n) is 14.0. The molecule has 1 heterocycles. The SMILES string of the molecule is COc1ccc(OC)c(C=Cc2cc(C)n(C)c(=O)[n+]2C)c1.[Cl-]. The predicted octanol–water partition coefficient (Wildman–Crippen LogP) is -1.29. The molecule has 124 valence electrons. The van der Waals surface area contributed by atoms with Crippen molar-refractivity contribution in [3.8, 4) is 11.5 Å². The number of aromatic nitrogens is 2. The molecule has 2 aromatic rings. The number of ether oxygens (including phenoxy) is 2. The zero-order chi connectivity index (χ0) is 16.3. The fraction of sp³-hybridized carbons (Fsp3) is 0.294. The molecule has 0 aliphatic heterocycles. The van der Waals surface area contributed by atoms with Crippen LogP contribution in [0.5, 0.6) is 11.5 Å². The van der Waals surface area contributed by atoms with E-state index in [4.69, 9.17) is 9.47 Å². The molecule has 0 spiro atoms. The van der Waals surface area contributed by atoms with Crippen LogP contribution in [0.2, 0.25) is 0 Å². The quantitative estimate of drug-likeness (QED) is 0.653. The molecule has 6 heteroatoms. The third kappa shape index (κ3) is 3.93. The zero-order valence-corrected chi connectivity index (χ0v) is 14.7. The lowest BCUT2D eigenvalue weighted by molar-refractivity contribution is -0.692. The standard InChI is InChI=1S/C17H21N2O3.ClH/c1-12-10-14(19(3)17(20)18(12)2)7-6-13-11-15(21-4)8-9-16(13)22-5;/h6-11H,1-5H3;1H/q+1;/p-1. The van der Waals surface area contributed by atoms with E-state index in [0.717, 1.165) is 28.5 Å². The van der Waals surface area contributed by atoms with Gasteiger partial charge in [-0.15, -0.1) is 0 Å². The first kappa shape index (κ1) is 18.8. The lowest BCUT2D eigenvalue weighted by Crippen LogP contribution is -3.00. The third-order valence-electron chi connectivity index (χ3n) is 3.72. The second-order valence-corrected chi connectivity index (χ2v) is 5.05. The summed E-state index contributed by atoms with van der Waals surface area (Å²) in [5.74, 6) is 1.50. The van der Waals surface area contributed by atoms with Gasteiger partial charge >= 0.3 is 5.69 Å². The Hall–Kier alpha value is -2.27. The Kier molecular flexibility index (Phi) is 6.39. The van der Waals surface area contributed by atoms with Crippen LogP contribution in [0.1, 0.15) is 17.0 Å². The van der Waals surface area contributed by atoms with Gasteiger partial charge in [-0.2, -0.15) is 13.9 Å². The molecule has 0 unspecified atom stereocenters. The maximum atomic E-state index is 12.1. The van der Waals surface area contributed by atoms with Crippen molar-refractivity contribution in [2.24, 2.45) is 14.1 Å². The average molecular weight is 337 g/mol. The first-order valence-corrected chi connectivity index (χ1v) is 6.94. The summed E-state index contributed by atoms with van der Waals surface area (Å²) in [6.45, 7) is 1.91. The van der Waals surface area contributed by atoms with E-state index in [2.05, 4.69) is 0 Å². The molecule has 1 aromatic carbocycles. The molecule has 0 fully saturated rings. The van der Waals surface area contributed by atoms with Crippen LogP contribution in [0.15, 0.2) is 29.1 Å². The summed E-state index contributed by atoms with van der Waals surface area (Å²) in [6.07, 6.45) is 3.81. The van der Waals surface area contributed by atoms with Crippen LogP contribution in [0.4, 0.5) is 0 Å². The summed E-state index contributed by atoms with van der Waals surface area (Å²) in [5, 5.41) is 0. The highest BCUT2D eigenvalue weighted by Gasteiger charge is 2.11. The first-order chi connectivity index (χ1) is 10.5. The molecule has 0 saturated carbocycles. The summed E-state index contributed by atoms with van der Waals surface area (Å²) < 4.78 is 13.8. The fourth-order valence-electron chi connectivity index (χ4n) is 2.20. The second-order valence-electron chi connectivity index (χ2n) is 5.05. The van der Waals surface area contributed by atoms with Crippen LogP contribution in [0, 0.1) is 6.92 Å². The average Bonchev–Trinajstić information content (AvgIpc) is 2.54. The fourth-order valence-corrected chi connectivity index (χ4v) is 2.20. The normalized spacial score (nSPS) is 10.5. The Balaban J connectivity index is 0.00000264. The van der Waals surface area contributed by atoms with Gasteiger partial charge in [0.15, 0.2) is 0 Å². The minimum absolute atomic E-state index is 0. The minimum atomic E-state index is -0.0581. The Morgan fingerprint density at radius 2 is 1.83 bits per heavy atom. The highest BCUT2D eigenvalue weighted by molar-refractivity contribution is 5.71. The van der Waals surface area contributed by atoms with Gasteiger partial charge in [0.05, 0.1) is 28.3 Å². The van der Waals surface area contributed by atoms with Gasteiger partial charge in [0.2, 0.25) is 0 Å². The number of aryl methyl sites for hydroxylation is 1. The smallest absolute Gasteiger partial charge is 0.498 e. The Labute approximate surface area is 142 Å². The highest BCUT2D eigenvalue weighted by atomic mass is 35.5. The van der Waals surface area contributed by atoms with Gasteiger partial charge in [0.1, 0.15) is 22.9 Å². The van der Waals surface area contributed by atoms with Crippen molar-refractivity contribution >= 4 is 12.2 Å².